The fourth-order valence-corrected chi connectivity index (χ4v) is 4.74. The number of nitrogens with one attached hydrogen (secondary N) is 1. The third-order valence-electron chi connectivity index (χ3n) is 5.34. The molecule has 0 aromatic heterocycles. The topological polar surface area (TPSA) is 94.2 Å². The van der Waals surface area contributed by atoms with Gasteiger partial charge in [0.05, 0.1) is 17.7 Å². The molecule has 33 heavy (non-hydrogen) atoms. The van der Waals surface area contributed by atoms with Crippen LogP contribution in [0.4, 0.5) is 11.4 Å². The minimum absolute atomic E-state index is 0.00571. The Morgan fingerprint density at radius 3 is 2.48 bits per heavy atom. The number of fused-ring (bicyclic) bond motifs is 1. The lowest BCUT2D eigenvalue weighted by molar-refractivity contribution is 0.102. The summed E-state index contributed by atoms with van der Waals surface area (Å²) in [5, 5.41) is 2.80. The number of carbonyl (C=O) groups is 1. The van der Waals surface area contributed by atoms with Crippen LogP contribution in [-0.2, 0) is 10.0 Å². The molecule has 172 valence electrons. The third kappa shape index (κ3) is 4.45. The van der Waals surface area contributed by atoms with Crippen molar-refractivity contribution >= 4 is 27.3 Å². The first-order valence-corrected chi connectivity index (χ1v) is 11.7. The summed E-state index contributed by atoms with van der Waals surface area (Å²) >= 11 is 0. The van der Waals surface area contributed by atoms with Gasteiger partial charge in [0, 0.05) is 24.4 Å². The lowest BCUT2D eigenvalue weighted by Gasteiger charge is -2.22. The molecule has 1 aliphatic rings. The van der Waals surface area contributed by atoms with E-state index in [2.05, 4.69) is 5.32 Å². The highest BCUT2D eigenvalue weighted by atomic mass is 32.2. The van der Waals surface area contributed by atoms with Crippen molar-refractivity contribution in [3.05, 3.63) is 71.8 Å². The van der Waals surface area contributed by atoms with Gasteiger partial charge in [-0.2, -0.15) is 0 Å². The van der Waals surface area contributed by atoms with Crippen LogP contribution in [0.2, 0.25) is 0 Å². The number of ether oxygens (including phenoxy) is 3. The van der Waals surface area contributed by atoms with Crippen molar-refractivity contribution < 1.29 is 27.4 Å². The van der Waals surface area contributed by atoms with Gasteiger partial charge in [-0.05, 0) is 48.9 Å². The summed E-state index contributed by atoms with van der Waals surface area (Å²) in [6.45, 7) is 2.66. The standard InChI is InChI=1S/C24H24N2O6S/c1-16-8-10-18(33(28,29)26(2)20-6-4-5-7-21(20)30-3)15-19(16)24(27)25-17-9-11-22-23(14-17)32-13-12-31-22/h4-11,14-15H,12-13H2,1-3H3,(H,25,27). The summed E-state index contributed by atoms with van der Waals surface area (Å²) in [6.07, 6.45) is 0. The SMILES string of the molecule is COc1ccccc1N(C)S(=O)(=O)c1ccc(C)c(C(=O)Nc2ccc3c(c2)OCCO3)c1. The molecule has 1 N–H and O–H groups in total. The fraction of sp³-hybridized carbons (Fsp3) is 0.208. The average molecular weight is 469 g/mol. The van der Waals surface area contributed by atoms with Crippen LogP contribution < -0.4 is 23.8 Å². The van der Waals surface area contributed by atoms with E-state index < -0.39 is 15.9 Å². The Morgan fingerprint density at radius 2 is 1.73 bits per heavy atom. The Hall–Kier alpha value is -3.72. The fourth-order valence-electron chi connectivity index (χ4n) is 3.50. The van der Waals surface area contributed by atoms with Crippen molar-refractivity contribution in [1.29, 1.82) is 0 Å². The summed E-state index contributed by atoms with van der Waals surface area (Å²) in [7, 11) is -1.02. The van der Waals surface area contributed by atoms with E-state index in [9.17, 15) is 13.2 Å². The maximum atomic E-state index is 13.3. The normalized spacial score (nSPS) is 12.7. The lowest BCUT2D eigenvalue weighted by atomic mass is 10.1. The van der Waals surface area contributed by atoms with E-state index in [0.29, 0.717) is 47.4 Å². The summed E-state index contributed by atoms with van der Waals surface area (Å²) in [5.41, 5.74) is 1.80. The maximum absolute atomic E-state index is 13.3. The van der Waals surface area contributed by atoms with Crippen LogP contribution >= 0.6 is 0 Å². The summed E-state index contributed by atoms with van der Waals surface area (Å²) in [4.78, 5) is 13.0. The highest BCUT2D eigenvalue weighted by Crippen LogP contribution is 2.33. The molecule has 0 spiro atoms. The van der Waals surface area contributed by atoms with Gasteiger partial charge in [-0.15, -0.1) is 0 Å². The zero-order chi connectivity index (χ0) is 23.6. The average Bonchev–Trinajstić information content (AvgIpc) is 2.83. The van der Waals surface area contributed by atoms with E-state index in [1.807, 2.05) is 0 Å². The Balaban J connectivity index is 1.62. The van der Waals surface area contributed by atoms with Gasteiger partial charge in [-0.1, -0.05) is 18.2 Å². The predicted molar refractivity (Wildman–Crippen MR) is 125 cm³/mol. The van der Waals surface area contributed by atoms with Gasteiger partial charge >= 0.3 is 0 Å². The Labute approximate surface area is 192 Å². The second kappa shape index (κ2) is 9.03. The minimum atomic E-state index is -3.95. The monoisotopic (exact) mass is 468 g/mol. The number of benzene rings is 3. The molecule has 0 aliphatic carbocycles. The van der Waals surface area contributed by atoms with Gasteiger partial charge < -0.3 is 19.5 Å². The Kier molecular flexibility index (Phi) is 6.15. The number of amides is 1. The first-order chi connectivity index (χ1) is 15.8. The molecule has 3 aromatic carbocycles. The van der Waals surface area contributed by atoms with Crippen molar-refractivity contribution in [3.63, 3.8) is 0 Å². The van der Waals surface area contributed by atoms with E-state index in [4.69, 9.17) is 14.2 Å². The molecule has 1 heterocycles. The van der Waals surface area contributed by atoms with Crippen LogP contribution in [0.1, 0.15) is 15.9 Å². The smallest absolute Gasteiger partial charge is 0.264 e. The molecule has 1 amide bonds. The van der Waals surface area contributed by atoms with Crippen LogP contribution in [0.3, 0.4) is 0 Å². The first kappa shape index (κ1) is 22.5. The van der Waals surface area contributed by atoms with Crippen LogP contribution in [-0.4, -0.2) is 41.7 Å². The number of carbonyl (C=O) groups excluding carboxylic acids is 1. The number of aryl methyl sites for hydroxylation is 1. The van der Waals surface area contributed by atoms with E-state index >= 15 is 0 Å². The second-order valence-electron chi connectivity index (χ2n) is 7.43. The first-order valence-electron chi connectivity index (χ1n) is 10.2. The molecule has 1 aliphatic heterocycles. The van der Waals surface area contributed by atoms with Crippen LogP contribution in [0, 0.1) is 6.92 Å². The summed E-state index contributed by atoms with van der Waals surface area (Å²) in [6, 6.07) is 16.4. The number of hydrogen-bond acceptors (Lipinski definition) is 6. The number of anilines is 2. The predicted octanol–water partition coefficient (Wildman–Crippen LogP) is 3.85. The second-order valence-corrected chi connectivity index (χ2v) is 9.40. The van der Waals surface area contributed by atoms with E-state index in [0.717, 1.165) is 4.31 Å². The molecule has 9 heteroatoms. The van der Waals surface area contributed by atoms with Crippen molar-refractivity contribution in [2.75, 3.05) is 37.0 Å². The maximum Gasteiger partial charge on any atom is 0.264 e. The summed E-state index contributed by atoms with van der Waals surface area (Å²) < 4.78 is 44.1. The van der Waals surface area contributed by atoms with Crippen LogP contribution in [0.5, 0.6) is 17.2 Å². The number of para-hydroxylation sites is 2. The highest BCUT2D eigenvalue weighted by Gasteiger charge is 2.25. The van der Waals surface area contributed by atoms with Gasteiger partial charge in [0.15, 0.2) is 11.5 Å². The quantitative estimate of drug-likeness (QED) is 0.591. The van der Waals surface area contributed by atoms with Crippen molar-refractivity contribution in [1.82, 2.24) is 0 Å². The van der Waals surface area contributed by atoms with Gasteiger partial charge in [0.2, 0.25) is 0 Å². The molecule has 3 aromatic rings. The van der Waals surface area contributed by atoms with Crippen molar-refractivity contribution in [3.8, 4) is 17.2 Å². The zero-order valence-corrected chi connectivity index (χ0v) is 19.3. The molecule has 0 saturated carbocycles. The van der Waals surface area contributed by atoms with Crippen molar-refractivity contribution in [2.24, 2.45) is 0 Å². The largest absolute Gasteiger partial charge is 0.495 e. The van der Waals surface area contributed by atoms with Crippen LogP contribution in [0.15, 0.2) is 65.6 Å². The third-order valence-corrected chi connectivity index (χ3v) is 7.10. The van der Waals surface area contributed by atoms with Gasteiger partial charge in [0.25, 0.3) is 15.9 Å². The van der Waals surface area contributed by atoms with Gasteiger partial charge in [-0.25, -0.2) is 8.42 Å². The molecule has 8 nitrogen and oxygen atoms in total. The Bertz CT molecular complexity index is 1310. The number of nitrogens with zero attached hydrogens (tertiary/aromatic N) is 1. The van der Waals surface area contributed by atoms with E-state index in [1.54, 1.807) is 55.5 Å². The van der Waals surface area contributed by atoms with Gasteiger partial charge in [0.1, 0.15) is 19.0 Å². The van der Waals surface area contributed by atoms with E-state index in [-0.39, 0.29) is 10.5 Å². The van der Waals surface area contributed by atoms with E-state index in [1.165, 1.54) is 26.3 Å². The minimum Gasteiger partial charge on any atom is -0.495 e. The van der Waals surface area contributed by atoms with Crippen LogP contribution in [0.25, 0.3) is 0 Å². The molecule has 0 bridgehead atoms. The highest BCUT2D eigenvalue weighted by molar-refractivity contribution is 7.92. The number of hydrogen-bond donors (Lipinski definition) is 1. The lowest BCUT2D eigenvalue weighted by Crippen LogP contribution is -2.27. The molecular formula is C24H24N2O6S. The molecule has 0 radical (unpaired) electrons. The molecule has 4 rings (SSSR count). The number of sulfonamides is 1. The molecule has 0 atom stereocenters. The van der Waals surface area contributed by atoms with Crippen molar-refractivity contribution in [2.45, 2.75) is 11.8 Å². The Morgan fingerprint density at radius 1 is 1.00 bits per heavy atom. The van der Waals surface area contributed by atoms with Gasteiger partial charge in [-0.3, -0.25) is 9.10 Å². The number of methoxy groups -OCH3 is 1. The summed E-state index contributed by atoms with van der Waals surface area (Å²) in [5.74, 6) is 1.15. The molecule has 0 unspecified atom stereocenters. The zero-order valence-electron chi connectivity index (χ0n) is 18.5. The molecule has 0 fully saturated rings. The molecule has 0 saturated heterocycles. The number of rotatable bonds is 6. The molecular weight excluding hydrogens is 444 g/mol.